The number of nitrogens with zero attached hydrogens (tertiary/aromatic N) is 1. The Hall–Kier alpha value is -0.0400. The van der Waals surface area contributed by atoms with Crippen LogP contribution in [0.25, 0.3) is 0 Å². The summed E-state index contributed by atoms with van der Waals surface area (Å²) in [4.78, 5) is 0. The Labute approximate surface area is 52.9 Å². The molecule has 0 aromatic heterocycles. The second-order valence-corrected chi connectivity index (χ2v) is 2.57. The first-order chi connectivity index (χ1) is 3.68. The fraction of sp³-hybridized carbons (Fsp3) is 1.00. The van der Waals surface area contributed by atoms with Crippen LogP contribution in [0.4, 0.5) is 0 Å². The van der Waals surface area contributed by atoms with Gasteiger partial charge in [-0.3, -0.25) is 0 Å². The summed E-state index contributed by atoms with van der Waals surface area (Å²) in [7, 11) is 2.29. The van der Waals surface area contributed by atoms with E-state index in [1.165, 1.54) is 24.1 Å². The molecule has 0 heterocycles. The molecular formula is C7H18N+. The molecule has 0 fully saturated rings. The van der Waals surface area contributed by atoms with Crippen LogP contribution in [-0.4, -0.2) is 31.2 Å². The van der Waals surface area contributed by atoms with E-state index < -0.39 is 0 Å². The highest BCUT2D eigenvalue weighted by atomic mass is 15.4. The second kappa shape index (κ2) is 3.08. The minimum Gasteiger partial charge on any atom is -0.327 e. The van der Waals surface area contributed by atoms with Crippen LogP contribution in [0, 0.1) is 0 Å². The average Bonchev–Trinajstić information content (AvgIpc) is 1.87. The number of hydrogen-bond acceptors (Lipinski definition) is 0. The Balaban J connectivity index is 3.58. The quantitative estimate of drug-likeness (QED) is 0.388. The summed E-state index contributed by atoms with van der Waals surface area (Å²) in [5, 5.41) is 0. The molecule has 1 heteroatoms. The topological polar surface area (TPSA) is 0 Å². The van der Waals surface area contributed by atoms with Crippen LogP contribution in [0.3, 0.4) is 0 Å². The molecule has 0 aliphatic carbocycles. The third-order valence-corrected chi connectivity index (χ3v) is 2.29. The van der Waals surface area contributed by atoms with Crippen LogP contribution in [0.5, 0.6) is 0 Å². The molecule has 0 aromatic rings. The summed E-state index contributed by atoms with van der Waals surface area (Å²) in [5.74, 6) is 0. The van der Waals surface area contributed by atoms with Gasteiger partial charge in [0.25, 0.3) is 0 Å². The molecule has 0 aromatic carbocycles. The predicted octanol–water partition coefficient (Wildman–Crippen LogP) is 1.49. The van der Waals surface area contributed by atoms with E-state index in [0.717, 1.165) is 0 Å². The highest BCUT2D eigenvalue weighted by molar-refractivity contribution is 4.24. The van der Waals surface area contributed by atoms with Crippen molar-refractivity contribution in [3.05, 3.63) is 0 Å². The largest absolute Gasteiger partial charge is 0.327 e. The van der Waals surface area contributed by atoms with E-state index in [4.69, 9.17) is 0 Å². The Morgan fingerprint density at radius 1 is 0.875 bits per heavy atom. The van der Waals surface area contributed by atoms with Crippen molar-refractivity contribution in [2.24, 2.45) is 0 Å². The fourth-order valence-corrected chi connectivity index (χ4v) is 0.671. The van der Waals surface area contributed by atoms with E-state index in [1.54, 1.807) is 0 Å². The van der Waals surface area contributed by atoms with E-state index in [9.17, 15) is 0 Å². The number of quaternary nitrogens is 1. The van der Waals surface area contributed by atoms with Gasteiger partial charge in [-0.15, -0.1) is 0 Å². The molecule has 0 spiro atoms. The lowest BCUT2D eigenvalue weighted by atomic mass is 10.4. The average molecular weight is 117 g/mol. The number of hydrogen-bond donors (Lipinski definition) is 0. The first-order valence-corrected chi connectivity index (χ1v) is 3.52. The zero-order valence-electron chi connectivity index (χ0n) is 6.57. The van der Waals surface area contributed by atoms with Gasteiger partial charge >= 0.3 is 0 Å². The van der Waals surface area contributed by atoms with Gasteiger partial charge in [0.2, 0.25) is 0 Å². The predicted molar refractivity (Wildman–Crippen MR) is 37.8 cm³/mol. The smallest absolute Gasteiger partial charge is 0.0755 e. The molecular weight excluding hydrogens is 99.1 g/mol. The summed E-state index contributed by atoms with van der Waals surface area (Å²) >= 11 is 0. The van der Waals surface area contributed by atoms with Crippen molar-refractivity contribution in [2.75, 3.05) is 26.7 Å². The standard InChI is InChI=1S/C7H18N/c1-5-8(4,6-2)7-3/h5-7H2,1-4H3/q+1/i4+1. The molecule has 1 nitrogen and oxygen atoms in total. The van der Waals surface area contributed by atoms with Crippen molar-refractivity contribution >= 4 is 0 Å². The zero-order chi connectivity index (χ0) is 6.62. The van der Waals surface area contributed by atoms with Crippen molar-refractivity contribution in [1.82, 2.24) is 0 Å². The van der Waals surface area contributed by atoms with Crippen molar-refractivity contribution in [3.63, 3.8) is 0 Å². The van der Waals surface area contributed by atoms with Crippen LogP contribution < -0.4 is 0 Å². The van der Waals surface area contributed by atoms with Gasteiger partial charge in [-0.25, -0.2) is 0 Å². The molecule has 0 N–H and O–H groups in total. The summed E-state index contributed by atoms with van der Waals surface area (Å²) in [6, 6.07) is 0. The minimum absolute atomic E-state index is 1.21. The second-order valence-electron chi connectivity index (χ2n) is 2.57. The van der Waals surface area contributed by atoms with E-state index in [1.807, 2.05) is 0 Å². The summed E-state index contributed by atoms with van der Waals surface area (Å²) in [5.41, 5.74) is 0. The van der Waals surface area contributed by atoms with Gasteiger partial charge in [0.1, 0.15) is 0 Å². The van der Waals surface area contributed by atoms with Gasteiger partial charge in [0.05, 0.1) is 26.7 Å². The molecule has 0 saturated heterocycles. The molecule has 0 saturated carbocycles. The van der Waals surface area contributed by atoms with Gasteiger partial charge in [0, 0.05) is 0 Å². The lowest BCUT2D eigenvalue weighted by Crippen LogP contribution is -2.42. The molecule has 0 rings (SSSR count). The molecule has 8 heavy (non-hydrogen) atoms. The van der Waals surface area contributed by atoms with Gasteiger partial charge in [-0.1, -0.05) is 0 Å². The summed E-state index contributed by atoms with van der Waals surface area (Å²) < 4.78 is 1.21. The summed E-state index contributed by atoms with van der Waals surface area (Å²) in [6.07, 6.45) is 0. The van der Waals surface area contributed by atoms with Crippen molar-refractivity contribution in [2.45, 2.75) is 20.8 Å². The van der Waals surface area contributed by atoms with Gasteiger partial charge < -0.3 is 4.48 Å². The lowest BCUT2D eigenvalue weighted by molar-refractivity contribution is -0.904. The molecule has 0 atom stereocenters. The molecule has 0 bridgehead atoms. The zero-order valence-corrected chi connectivity index (χ0v) is 6.57. The molecule has 0 unspecified atom stereocenters. The molecule has 0 aliphatic rings. The maximum Gasteiger partial charge on any atom is 0.0755 e. The third kappa shape index (κ3) is 1.83. The highest BCUT2D eigenvalue weighted by Gasteiger charge is 2.10. The van der Waals surface area contributed by atoms with E-state index in [0.29, 0.717) is 0 Å². The Kier molecular flexibility index (Phi) is 3.06. The third-order valence-electron chi connectivity index (χ3n) is 2.29. The first-order valence-electron chi connectivity index (χ1n) is 3.52. The van der Waals surface area contributed by atoms with E-state index >= 15 is 0 Å². The van der Waals surface area contributed by atoms with Crippen molar-refractivity contribution in [1.29, 1.82) is 0 Å². The van der Waals surface area contributed by atoms with E-state index in [2.05, 4.69) is 27.8 Å². The summed E-state index contributed by atoms with van der Waals surface area (Å²) in [6.45, 7) is 10.5. The number of rotatable bonds is 3. The van der Waals surface area contributed by atoms with Gasteiger partial charge in [0.15, 0.2) is 0 Å². The minimum atomic E-state index is 1.21. The maximum atomic E-state index is 2.29. The molecule has 0 radical (unpaired) electrons. The highest BCUT2D eigenvalue weighted by Crippen LogP contribution is 1.97. The van der Waals surface area contributed by atoms with Gasteiger partial charge in [-0.05, 0) is 20.8 Å². The Morgan fingerprint density at radius 3 is 1.12 bits per heavy atom. The van der Waals surface area contributed by atoms with E-state index in [-0.39, 0.29) is 0 Å². The normalized spacial score (nSPS) is 12.0. The van der Waals surface area contributed by atoms with Gasteiger partial charge in [-0.2, -0.15) is 0 Å². The first kappa shape index (κ1) is 7.96. The lowest BCUT2D eigenvalue weighted by Gasteiger charge is -2.30. The van der Waals surface area contributed by atoms with Crippen LogP contribution in [0.2, 0.25) is 0 Å². The van der Waals surface area contributed by atoms with Crippen LogP contribution >= 0.6 is 0 Å². The van der Waals surface area contributed by atoms with Crippen LogP contribution in [0.1, 0.15) is 20.8 Å². The Morgan fingerprint density at radius 2 is 1.12 bits per heavy atom. The van der Waals surface area contributed by atoms with Crippen LogP contribution in [-0.2, 0) is 0 Å². The Bertz CT molecular complexity index is 47.1. The molecule has 0 amide bonds. The SMILES string of the molecule is CC[N+]([13CH3])(CC)CC. The fourth-order valence-electron chi connectivity index (χ4n) is 0.671. The molecule has 50 valence electrons. The van der Waals surface area contributed by atoms with Crippen molar-refractivity contribution in [3.8, 4) is 0 Å². The molecule has 0 aliphatic heterocycles. The van der Waals surface area contributed by atoms with Crippen LogP contribution in [0.15, 0.2) is 0 Å². The monoisotopic (exact) mass is 117 g/mol. The maximum absolute atomic E-state index is 2.29. The van der Waals surface area contributed by atoms with Crippen molar-refractivity contribution < 1.29 is 4.48 Å².